The second-order valence-corrected chi connectivity index (χ2v) is 6.66. The highest BCUT2D eigenvalue weighted by molar-refractivity contribution is 5.76. The van der Waals surface area contributed by atoms with E-state index >= 15 is 0 Å². The van der Waals surface area contributed by atoms with E-state index in [0.29, 0.717) is 12.4 Å². The van der Waals surface area contributed by atoms with Crippen LogP contribution in [0.25, 0.3) is 11.0 Å². The largest absolute Gasteiger partial charge is 0.380 e. The van der Waals surface area contributed by atoms with Gasteiger partial charge in [-0.05, 0) is 54.8 Å². The number of rotatable bonds is 4. The number of nitrogens with zero attached hydrogens (tertiary/aromatic N) is 3. The molecule has 1 atom stereocenters. The molecule has 0 aliphatic heterocycles. The molecule has 2 aromatic carbocycles. The van der Waals surface area contributed by atoms with Crippen molar-refractivity contribution in [3.8, 4) is 0 Å². The molecule has 0 aliphatic carbocycles. The zero-order chi connectivity index (χ0) is 18.1. The SMILES string of the molecule is Cc1ccc(C)c(Cn2c(C(O)c3ccncc3)nc3ccccc32)c1. The van der Waals surface area contributed by atoms with Gasteiger partial charge in [0.1, 0.15) is 11.9 Å². The van der Waals surface area contributed by atoms with Crippen molar-refractivity contribution in [3.05, 3.63) is 95.1 Å². The van der Waals surface area contributed by atoms with E-state index in [1.54, 1.807) is 12.4 Å². The Kier molecular flexibility index (Phi) is 4.27. The number of pyridine rings is 1. The van der Waals surface area contributed by atoms with Gasteiger partial charge in [0, 0.05) is 18.9 Å². The van der Waals surface area contributed by atoms with Crippen LogP contribution in [0.4, 0.5) is 0 Å². The Labute approximate surface area is 152 Å². The molecular weight excluding hydrogens is 322 g/mol. The maximum absolute atomic E-state index is 11.0. The number of fused-ring (bicyclic) bond motifs is 1. The number of imidazole rings is 1. The molecule has 0 saturated carbocycles. The number of aliphatic hydroxyl groups excluding tert-OH is 1. The van der Waals surface area contributed by atoms with E-state index in [9.17, 15) is 5.11 Å². The number of aryl methyl sites for hydroxylation is 2. The monoisotopic (exact) mass is 343 g/mol. The predicted molar refractivity (Wildman–Crippen MR) is 103 cm³/mol. The molecule has 26 heavy (non-hydrogen) atoms. The van der Waals surface area contributed by atoms with Gasteiger partial charge in [0.25, 0.3) is 0 Å². The number of aliphatic hydroxyl groups is 1. The molecule has 0 aliphatic rings. The highest BCUT2D eigenvalue weighted by Gasteiger charge is 2.20. The summed E-state index contributed by atoms with van der Waals surface area (Å²) in [5.41, 5.74) is 6.40. The van der Waals surface area contributed by atoms with Gasteiger partial charge in [0.05, 0.1) is 11.0 Å². The summed E-state index contributed by atoms with van der Waals surface area (Å²) < 4.78 is 2.11. The smallest absolute Gasteiger partial charge is 0.143 e. The predicted octanol–water partition coefficient (Wildman–Crippen LogP) is 4.18. The summed E-state index contributed by atoms with van der Waals surface area (Å²) in [6, 6.07) is 18.1. The van der Waals surface area contributed by atoms with E-state index in [1.165, 1.54) is 16.7 Å². The molecule has 0 bridgehead atoms. The molecule has 0 spiro atoms. The lowest BCUT2D eigenvalue weighted by Crippen LogP contribution is -2.12. The molecule has 0 saturated heterocycles. The zero-order valence-corrected chi connectivity index (χ0v) is 14.9. The van der Waals surface area contributed by atoms with Gasteiger partial charge in [-0.15, -0.1) is 0 Å². The van der Waals surface area contributed by atoms with Crippen LogP contribution in [0.3, 0.4) is 0 Å². The molecule has 0 fully saturated rings. The van der Waals surface area contributed by atoms with Gasteiger partial charge in [-0.25, -0.2) is 4.98 Å². The number of hydrogen-bond donors (Lipinski definition) is 1. The fourth-order valence-corrected chi connectivity index (χ4v) is 3.30. The average molecular weight is 343 g/mol. The third kappa shape index (κ3) is 3.00. The topological polar surface area (TPSA) is 50.9 Å². The van der Waals surface area contributed by atoms with Crippen LogP contribution in [0.15, 0.2) is 67.0 Å². The average Bonchev–Trinajstić information content (AvgIpc) is 3.03. The molecule has 130 valence electrons. The molecule has 2 heterocycles. The minimum atomic E-state index is -0.796. The van der Waals surface area contributed by atoms with Crippen LogP contribution < -0.4 is 0 Å². The van der Waals surface area contributed by atoms with Crippen LogP contribution in [-0.2, 0) is 6.54 Å². The molecular formula is C22H21N3O. The summed E-state index contributed by atoms with van der Waals surface area (Å²) in [5.74, 6) is 0.651. The Bertz CT molecular complexity index is 1050. The van der Waals surface area contributed by atoms with Crippen LogP contribution in [0.2, 0.25) is 0 Å². The molecule has 4 aromatic rings. The first-order valence-electron chi connectivity index (χ1n) is 8.73. The summed E-state index contributed by atoms with van der Waals surface area (Å²) in [6.07, 6.45) is 2.59. The standard InChI is InChI=1S/C22H21N3O/c1-15-7-8-16(2)18(13-15)14-25-20-6-4-3-5-19(20)24-22(25)21(26)17-9-11-23-12-10-17/h3-13,21,26H,14H2,1-2H3. The quantitative estimate of drug-likeness (QED) is 0.605. The molecule has 4 heteroatoms. The van der Waals surface area contributed by atoms with Crippen LogP contribution >= 0.6 is 0 Å². The highest BCUT2D eigenvalue weighted by Crippen LogP contribution is 2.27. The minimum Gasteiger partial charge on any atom is -0.380 e. The Morgan fingerprint density at radius 3 is 2.58 bits per heavy atom. The van der Waals surface area contributed by atoms with Gasteiger partial charge in [0.2, 0.25) is 0 Å². The Morgan fingerprint density at radius 1 is 1.00 bits per heavy atom. The van der Waals surface area contributed by atoms with Crippen molar-refractivity contribution < 1.29 is 5.11 Å². The Hall–Kier alpha value is -2.98. The van der Waals surface area contributed by atoms with E-state index in [0.717, 1.165) is 16.6 Å². The Balaban J connectivity index is 1.86. The third-order valence-corrected chi connectivity index (χ3v) is 4.78. The second-order valence-electron chi connectivity index (χ2n) is 6.66. The van der Waals surface area contributed by atoms with Gasteiger partial charge in [-0.2, -0.15) is 0 Å². The van der Waals surface area contributed by atoms with Crippen molar-refractivity contribution in [2.75, 3.05) is 0 Å². The van der Waals surface area contributed by atoms with Crippen LogP contribution in [0.1, 0.15) is 34.2 Å². The summed E-state index contributed by atoms with van der Waals surface area (Å²) in [4.78, 5) is 8.77. The number of hydrogen-bond acceptors (Lipinski definition) is 3. The minimum absolute atomic E-state index is 0.651. The molecule has 0 amide bonds. The fourth-order valence-electron chi connectivity index (χ4n) is 3.30. The first kappa shape index (κ1) is 16.5. The van der Waals surface area contributed by atoms with Gasteiger partial charge >= 0.3 is 0 Å². The lowest BCUT2D eigenvalue weighted by atomic mass is 10.1. The molecule has 1 N–H and O–H groups in total. The Morgan fingerprint density at radius 2 is 1.77 bits per heavy atom. The van der Waals surface area contributed by atoms with Crippen LogP contribution in [0.5, 0.6) is 0 Å². The normalized spacial score (nSPS) is 12.4. The van der Waals surface area contributed by atoms with Gasteiger partial charge in [-0.1, -0.05) is 35.9 Å². The highest BCUT2D eigenvalue weighted by atomic mass is 16.3. The summed E-state index contributed by atoms with van der Waals surface area (Å²) in [5, 5.41) is 11.0. The molecule has 4 rings (SSSR count). The van der Waals surface area contributed by atoms with Crippen molar-refractivity contribution in [2.24, 2.45) is 0 Å². The van der Waals surface area contributed by atoms with E-state index in [-0.39, 0.29) is 0 Å². The van der Waals surface area contributed by atoms with Gasteiger partial charge in [0.15, 0.2) is 0 Å². The summed E-state index contributed by atoms with van der Waals surface area (Å²) >= 11 is 0. The van der Waals surface area contributed by atoms with Crippen LogP contribution in [0, 0.1) is 13.8 Å². The molecule has 0 radical (unpaired) electrons. The van der Waals surface area contributed by atoms with Crippen LogP contribution in [-0.4, -0.2) is 19.6 Å². The van der Waals surface area contributed by atoms with Crippen molar-refractivity contribution >= 4 is 11.0 Å². The van der Waals surface area contributed by atoms with Crippen molar-refractivity contribution in [1.29, 1.82) is 0 Å². The van der Waals surface area contributed by atoms with Gasteiger partial charge < -0.3 is 9.67 Å². The van der Waals surface area contributed by atoms with E-state index in [4.69, 9.17) is 4.98 Å². The lowest BCUT2D eigenvalue weighted by Gasteiger charge is -2.16. The second kappa shape index (κ2) is 6.73. The maximum atomic E-state index is 11.0. The summed E-state index contributed by atoms with van der Waals surface area (Å²) in [7, 11) is 0. The molecule has 4 nitrogen and oxygen atoms in total. The first-order chi connectivity index (χ1) is 12.6. The zero-order valence-electron chi connectivity index (χ0n) is 14.9. The van der Waals surface area contributed by atoms with Gasteiger partial charge in [-0.3, -0.25) is 4.98 Å². The first-order valence-corrected chi connectivity index (χ1v) is 8.73. The molecule has 2 aromatic heterocycles. The lowest BCUT2D eigenvalue weighted by molar-refractivity contribution is 0.206. The third-order valence-electron chi connectivity index (χ3n) is 4.78. The van der Waals surface area contributed by atoms with Crippen molar-refractivity contribution in [2.45, 2.75) is 26.5 Å². The number of benzene rings is 2. The van der Waals surface area contributed by atoms with E-state index in [2.05, 4.69) is 47.7 Å². The van der Waals surface area contributed by atoms with Crippen molar-refractivity contribution in [1.82, 2.24) is 14.5 Å². The number of para-hydroxylation sites is 2. The number of aromatic nitrogens is 3. The fraction of sp³-hybridized carbons (Fsp3) is 0.182. The van der Waals surface area contributed by atoms with Crippen molar-refractivity contribution in [3.63, 3.8) is 0 Å². The maximum Gasteiger partial charge on any atom is 0.143 e. The summed E-state index contributed by atoms with van der Waals surface area (Å²) in [6.45, 7) is 4.89. The molecule has 1 unspecified atom stereocenters. The van der Waals surface area contributed by atoms with E-state index < -0.39 is 6.10 Å². The van der Waals surface area contributed by atoms with E-state index in [1.807, 2.05) is 30.3 Å².